The summed E-state index contributed by atoms with van der Waals surface area (Å²) in [6, 6.07) is 9.91. The molecule has 126 valence electrons. The summed E-state index contributed by atoms with van der Waals surface area (Å²) in [5, 5.41) is 0.316. The molecule has 3 aromatic rings. The van der Waals surface area contributed by atoms with Gasteiger partial charge >= 0.3 is 0 Å². The zero-order valence-corrected chi connectivity index (χ0v) is 14.1. The number of halogens is 3. The van der Waals surface area contributed by atoms with Crippen molar-refractivity contribution in [3.63, 3.8) is 0 Å². The quantitative estimate of drug-likeness (QED) is 0.713. The zero-order chi connectivity index (χ0) is 18.0. The standard InChI is InChI=1S/C18H10ClF2NO2S/c19-12-4-2-1-3-11(12)15(23)9-17-22-18(24)16(25-17)8-10-5-6-13(20)14(21)7-10/h1-9H,(H,22,24)/b16-8-,17-9-. The van der Waals surface area contributed by atoms with Crippen molar-refractivity contribution >= 4 is 40.9 Å². The lowest BCUT2D eigenvalue weighted by Crippen LogP contribution is -2.20. The van der Waals surface area contributed by atoms with Crippen LogP contribution in [0.2, 0.25) is 5.02 Å². The molecule has 1 heterocycles. The fraction of sp³-hybridized carbons (Fsp3) is 0. The highest BCUT2D eigenvalue weighted by atomic mass is 35.5. The minimum absolute atomic E-state index is 0.268. The molecule has 0 aliphatic carbocycles. The second-order valence-electron chi connectivity index (χ2n) is 5.09. The van der Waals surface area contributed by atoms with Crippen molar-refractivity contribution in [2.75, 3.05) is 0 Å². The molecule has 1 aromatic heterocycles. The van der Waals surface area contributed by atoms with Gasteiger partial charge in [-0.3, -0.25) is 9.59 Å². The average molecular weight is 378 g/mol. The first kappa shape index (κ1) is 17.3. The van der Waals surface area contributed by atoms with Crippen LogP contribution >= 0.6 is 22.9 Å². The number of carbonyl (C=O) groups is 1. The Morgan fingerprint density at radius 2 is 1.88 bits per heavy atom. The van der Waals surface area contributed by atoms with Crippen molar-refractivity contribution in [2.24, 2.45) is 0 Å². The predicted octanol–water partition coefficient (Wildman–Crippen LogP) is 2.86. The van der Waals surface area contributed by atoms with Gasteiger partial charge in [-0.05, 0) is 35.9 Å². The van der Waals surface area contributed by atoms with E-state index in [1.54, 1.807) is 24.3 Å². The van der Waals surface area contributed by atoms with E-state index >= 15 is 0 Å². The molecule has 0 aliphatic rings. The predicted molar refractivity (Wildman–Crippen MR) is 94.4 cm³/mol. The Morgan fingerprint density at radius 3 is 2.60 bits per heavy atom. The van der Waals surface area contributed by atoms with Crippen LogP contribution in [0.5, 0.6) is 0 Å². The van der Waals surface area contributed by atoms with Crippen LogP contribution in [0.15, 0.2) is 47.3 Å². The largest absolute Gasteiger partial charge is 0.313 e. The van der Waals surface area contributed by atoms with E-state index in [9.17, 15) is 18.4 Å². The highest BCUT2D eigenvalue weighted by molar-refractivity contribution is 7.07. The van der Waals surface area contributed by atoms with Gasteiger partial charge in [0.15, 0.2) is 17.4 Å². The first-order valence-electron chi connectivity index (χ1n) is 7.10. The molecule has 0 radical (unpaired) electrons. The molecule has 0 atom stereocenters. The van der Waals surface area contributed by atoms with Crippen LogP contribution in [0.25, 0.3) is 12.2 Å². The van der Waals surface area contributed by atoms with Crippen LogP contribution in [-0.2, 0) is 0 Å². The van der Waals surface area contributed by atoms with E-state index in [2.05, 4.69) is 4.98 Å². The number of thiazole rings is 1. The summed E-state index contributed by atoms with van der Waals surface area (Å²) in [6.07, 6.45) is 2.69. The van der Waals surface area contributed by atoms with Gasteiger partial charge in [-0.1, -0.05) is 29.8 Å². The van der Waals surface area contributed by atoms with E-state index in [0.29, 0.717) is 20.8 Å². The lowest BCUT2D eigenvalue weighted by atomic mass is 10.1. The molecule has 0 spiro atoms. The minimum atomic E-state index is -0.998. The van der Waals surface area contributed by atoms with E-state index in [4.69, 9.17) is 11.6 Å². The Hall–Kier alpha value is -2.57. The highest BCUT2D eigenvalue weighted by Crippen LogP contribution is 2.15. The first-order valence-corrected chi connectivity index (χ1v) is 8.30. The fourth-order valence-corrected chi connectivity index (χ4v) is 3.25. The third-order valence-corrected chi connectivity index (χ3v) is 4.62. The van der Waals surface area contributed by atoms with Gasteiger partial charge in [0, 0.05) is 11.6 Å². The van der Waals surface area contributed by atoms with Crippen molar-refractivity contribution in [2.45, 2.75) is 0 Å². The summed E-state index contributed by atoms with van der Waals surface area (Å²) in [6.45, 7) is 0. The number of hydrogen-bond acceptors (Lipinski definition) is 3. The van der Waals surface area contributed by atoms with E-state index in [1.807, 2.05) is 0 Å². The maximum atomic E-state index is 13.2. The van der Waals surface area contributed by atoms with Gasteiger partial charge in [-0.15, -0.1) is 11.3 Å². The van der Waals surface area contributed by atoms with Gasteiger partial charge in [-0.25, -0.2) is 8.78 Å². The van der Waals surface area contributed by atoms with Crippen molar-refractivity contribution in [1.82, 2.24) is 4.98 Å². The number of carbonyl (C=O) groups excluding carboxylic acids is 1. The Bertz CT molecular complexity index is 1130. The molecule has 0 saturated heterocycles. The number of benzene rings is 2. The number of aromatic nitrogens is 1. The van der Waals surface area contributed by atoms with Gasteiger partial charge in [0.05, 0.1) is 14.2 Å². The van der Waals surface area contributed by atoms with E-state index in [-0.39, 0.29) is 10.3 Å². The number of rotatable bonds is 3. The van der Waals surface area contributed by atoms with Crippen LogP contribution < -0.4 is 14.8 Å². The average Bonchev–Trinajstić information content (AvgIpc) is 2.90. The SMILES string of the molecule is O=C(/C=c1/[nH]c(=O)/c(=C/c2ccc(F)c(F)c2)s1)c1ccccc1Cl. The number of ketones is 1. The summed E-state index contributed by atoms with van der Waals surface area (Å²) >= 11 is 7.01. The summed E-state index contributed by atoms with van der Waals surface area (Å²) in [5.74, 6) is -2.30. The van der Waals surface area contributed by atoms with E-state index in [1.165, 1.54) is 18.2 Å². The molecule has 0 unspecified atom stereocenters. The molecule has 25 heavy (non-hydrogen) atoms. The van der Waals surface area contributed by atoms with Crippen molar-refractivity contribution in [1.29, 1.82) is 0 Å². The van der Waals surface area contributed by atoms with Crippen molar-refractivity contribution in [3.05, 3.63) is 89.8 Å². The Labute approximate surface area is 149 Å². The zero-order valence-electron chi connectivity index (χ0n) is 12.6. The van der Waals surface area contributed by atoms with Crippen LogP contribution in [-0.4, -0.2) is 10.8 Å². The van der Waals surface area contributed by atoms with Crippen LogP contribution in [0, 0.1) is 11.6 Å². The molecule has 3 nitrogen and oxygen atoms in total. The summed E-state index contributed by atoms with van der Waals surface area (Å²) in [5.41, 5.74) is 0.243. The molecule has 0 fully saturated rings. The fourth-order valence-electron chi connectivity index (χ4n) is 2.14. The third-order valence-electron chi connectivity index (χ3n) is 3.32. The van der Waals surface area contributed by atoms with E-state index < -0.39 is 17.2 Å². The maximum Gasteiger partial charge on any atom is 0.266 e. The summed E-state index contributed by atoms with van der Waals surface area (Å²) < 4.78 is 26.8. The molecular weight excluding hydrogens is 368 g/mol. The Morgan fingerprint density at radius 1 is 1.12 bits per heavy atom. The van der Waals surface area contributed by atoms with Crippen LogP contribution in [0.1, 0.15) is 15.9 Å². The van der Waals surface area contributed by atoms with Crippen molar-refractivity contribution in [3.8, 4) is 0 Å². The first-order chi connectivity index (χ1) is 11.9. The Kier molecular flexibility index (Phi) is 4.92. The molecule has 0 amide bonds. The maximum absolute atomic E-state index is 13.2. The number of aromatic amines is 1. The van der Waals surface area contributed by atoms with Gasteiger partial charge in [-0.2, -0.15) is 0 Å². The topological polar surface area (TPSA) is 49.9 Å². The second kappa shape index (κ2) is 7.13. The molecule has 1 N–H and O–H groups in total. The second-order valence-corrected chi connectivity index (χ2v) is 6.58. The molecule has 0 bridgehead atoms. The molecule has 7 heteroatoms. The molecule has 3 rings (SSSR count). The van der Waals surface area contributed by atoms with Gasteiger partial charge in [0.2, 0.25) is 0 Å². The lowest BCUT2D eigenvalue weighted by molar-refractivity contribution is 0.106. The van der Waals surface area contributed by atoms with Gasteiger partial charge < -0.3 is 4.98 Å². The van der Waals surface area contributed by atoms with Gasteiger partial charge in [0.1, 0.15) is 0 Å². The molecule has 0 aliphatic heterocycles. The molecule has 0 saturated carbocycles. The number of nitrogens with one attached hydrogen (secondary N) is 1. The monoisotopic (exact) mass is 377 g/mol. The normalized spacial score (nSPS) is 12.6. The van der Waals surface area contributed by atoms with Crippen LogP contribution in [0.3, 0.4) is 0 Å². The van der Waals surface area contributed by atoms with E-state index in [0.717, 1.165) is 23.5 Å². The smallest absolute Gasteiger partial charge is 0.266 e. The molecule has 2 aromatic carbocycles. The van der Waals surface area contributed by atoms with Gasteiger partial charge in [0.25, 0.3) is 5.56 Å². The summed E-state index contributed by atoms with van der Waals surface area (Å²) in [4.78, 5) is 26.8. The highest BCUT2D eigenvalue weighted by Gasteiger charge is 2.07. The molecular formula is C18H10ClF2NO2S. The third kappa shape index (κ3) is 3.92. The number of hydrogen-bond donors (Lipinski definition) is 1. The minimum Gasteiger partial charge on any atom is -0.313 e. The lowest BCUT2D eigenvalue weighted by Gasteiger charge is -1.97. The van der Waals surface area contributed by atoms with Crippen LogP contribution in [0.4, 0.5) is 8.78 Å². The Balaban J connectivity index is 2.01. The summed E-state index contributed by atoms with van der Waals surface area (Å²) in [7, 11) is 0. The van der Waals surface area contributed by atoms with Crippen molar-refractivity contribution < 1.29 is 13.6 Å². The number of Topliss-reactive ketones (excluding diaryl/α,β-unsaturated/α-hetero) is 1. The number of H-pyrrole nitrogens is 1.